The Morgan fingerprint density at radius 2 is 1.11 bits per heavy atom. The van der Waals surface area contributed by atoms with Gasteiger partial charge in [-0.25, -0.2) is 0 Å². The van der Waals surface area contributed by atoms with E-state index in [-0.39, 0.29) is 40.0 Å². The molecular weight excluding hydrogens is 454 g/mol. The van der Waals surface area contributed by atoms with E-state index in [0.717, 1.165) is 0 Å². The predicted molar refractivity (Wildman–Crippen MR) is 95.2 cm³/mol. The zero-order chi connectivity index (χ0) is 20.7. The van der Waals surface area contributed by atoms with Crippen LogP contribution in [0.4, 0.5) is 0 Å². The third-order valence-electron chi connectivity index (χ3n) is 2.66. The van der Waals surface area contributed by atoms with Crippen LogP contribution >= 0.6 is 33.7 Å². The van der Waals surface area contributed by atoms with Crippen LogP contribution in [0.2, 0.25) is 0 Å². The van der Waals surface area contributed by atoms with Gasteiger partial charge in [0.05, 0.1) is 0 Å². The summed E-state index contributed by atoms with van der Waals surface area (Å²) in [7, 11) is -11.4. The Labute approximate surface area is 159 Å². The van der Waals surface area contributed by atoms with Gasteiger partial charge in [-0.05, 0) is 0 Å². The third kappa shape index (κ3) is 19.9. The topological polar surface area (TPSA) is 211 Å². The van der Waals surface area contributed by atoms with Crippen molar-refractivity contribution in [1.29, 1.82) is 0 Å². The summed E-state index contributed by atoms with van der Waals surface area (Å²) >= 11 is 0. The molecule has 19 heteroatoms. The highest BCUT2D eigenvalue weighted by atomic mass is 31.2. The molecule has 0 radical (unpaired) electrons. The lowest BCUT2D eigenvalue weighted by Gasteiger charge is -2.23. The van der Waals surface area contributed by atoms with Gasteiger partial charge >= 0.3 is 33.7 Å². The molecule has 0 aliphatic heterocycles. The SMILES string of the molecule is O=[PH](O)OCN(CCNCCN(COP(O)O)COP(O)O)CO[PH](=O)O. The van der Waals surface area contributed by atoms with Gasteiger partial charge in [0.1, 0.15) is 26.9 Å². The van der Waals surface area contributed by atoms with Gasteiger partial charge in [-0.15, -0.1) is 0 Å². The molecule has 0 amide bonds. The van der Waals surface area contributed by atoms with Crippen LogP contribution in [0, 0.1) is 0 Å². The van der Waals surface area contributed by atoms with Gasteiger partial charge in [-0.1, -0.05) is 0 Å². The highest BCUT2D eigenvalue weighted by Crippen LogP contribution is 2.26. The van der Waals surface area contributed by atoms with Crippen molar-refractivity contribution in [3.8, 4) is 0 Å². The average molecular weight is 479 g/mol. The molecule has 27 heavy (non-hydrogen) atoms. The molecule has 2 unspecified atom stereocenters. The fourth-order valence-electron chi connectivity index (χ4n) is 1.49. The van der Waals surface area contributed by atoms with E-state index in [1.807, 2.05) is 0 Å². The number of hydrogen-bond donors (Lipinski definition) is 7. The van der Waals surface area contributed by atoms with Gasteiger partial charge in [0, 0.05) is 26.2 Å². The van der Waals surface area contributed by atoms with E-state index in [1.165, 1.54) is 9.80 Å². The van der Waals surface area contributed by atoms with E-state index >= 15 is 0 Å². The van der Waals surface area contributed by atoms with E-state index in [4.69, 9.17) is 29.4 Å². The maximum absolute atomic E-state index is 10.6. The maximum Gasteiger partial charge on any atom is 0.328 e. The van der Waals surface area contributed by atoms with Crippen molar-refractivity contribution in [3.05, 3.63) is 0 Å². The molecule has 0 spiro atoms. The quantitative estimate of drug-likeness (QED) is 0.0661. The predicted octanol–water partition coefficient (Wildman–Crippen LogP) is -1.74. The van der Waals surface area contributed by atoms with Crippen LogP contribution in [0.5, 0.6) is 0 Å². The van der Waals surface area contributed by atoms with Gasteiger partial charge in [0.2, 0.25) is 0 Å². The Morgan fingerprint density at radius 1 is 0.741 bits per heavy atom. The molecule has 2 atom stereocenters. The van der Waals surface area contributed by atoms with Crippen LogP contribution < -0.4 is 5.32 Å². The van der Waals surface area contributed by atoms with E-state index in [1.54, 1.807) is 0 Å². The lowest BCUT2D eigenvalue weighted by Crippen LogP contribution is -2.38. The molecule has 15 nitrogen and oxygen atoms in total. The van der Waals surface area contributed by atoms with Crippen molar-refractivity contribution in [2.45, 2.75) is 0 Å². The summed E-state index contributed by atoms with van der Waals surface area (Å²) in [6, 6.07) is 0. The second kappa shape index (κ2) is 17.6. The molecule has 7 N–H and O–H groups in total. The zero-order valence-electron chi connectivity index (χ0n) is 14.1. The maximum atomic E-state index is 10.6. The highest BCUT2D eigenvalue weighted by Gasteiger charge is 2.11. The Balaban J connectivity index is 4.15. The largest absolute Gasteiger partial charge is 0.328 e. The molecule has 0 aliphatic rings. The van der Waals surface area contributed by atoms with Crippen LogP contribution in [0.1, 0.15) is 0 Å². The minimum Gasteiger partial charge on any atom is -0.328 e. The molecule has 0 fully saturated rings. The fraction of sp³-hybridized carbons (Fsp3) is 1.00. The summed E-state index contributed by atoms with van der Waals surface area (Å²) in [5, 5.41) is 2.99. The van der Waals surface area contributed by atoms with Crippen LogP contribution in [0.15, 0.2) is 0 Å². The second-order valence-electron chi connectivity index (χ2n) is 4.64. The summed E-state index contributed by atoms with van der Waals surface area (Å²) in [6.07, 6.45) is 0. The number of hydrogen-bond acceptors (Lipinski definition) is 13. The van der Waals surface area contributed by atoms with Gasteiger partial charge in [0.15, 0.2) is 0 Å². The molecule has 0 saturated carbocycles. The van der Waals surface area contributed by atoms with Crippen LogP contribution in [-0.4, -0.2) is 92.3 Å². The van der Waals surface area contributed by atoms with Crippen molar-refractivity contribution in [2.75, 3.05) is 53.1 Å². The van der Waals surface area contributed by atoms with Crippen LogP contribution in [-0.2, 0) is 27.2 Å². The highest BCUT2D eigenvalue weighted by molar-refractivity contribution is 7.39. The minimum atomic E-state index is -3.15. The molecule has 0 saturated heterocycles. The Morgan fingerprint density at radius 3 is 1.44 bits per heavy atom. The summed E-state index contributed by atoms with van der Waals surface area (Å²) in [4.78, 5) is 55.1. The van der Waals surface area contributed by atoms with Crippen molar-refractivity contribution in [1.82, 2.24) is 15.1 Å². The van der Waals surface area contributed by atoms with E-state index in [2.05, 4.69) is 23.4 Å². The first-order valence-electron chi connectivity index (χ1n) is 7.19. The summed E-state index contributed by atoms with van der Waals surface area (Å²) in [5.41, 5.74) is 0. The molecule has 0 heterocycles. The molecule has 0 aromatic rings. The first kappa shape index (κ1) is 27.8. The van der Waals surface area contributed by atoms with Crippen molar-refractivity contribution >= 4 is 33.7 Å². The lowest BCUT2D eigenvalue weighted by atomic mass is 10.5. The van der Waals surface area contributed by atoms with Crippen molar-refractivity contribution < 1.29 is 56.6 Å². The average Bonchev–Trinajstić information content (AvgIpc) is 2.57. The first-order chi connectivity index (χ1) is 12.7. The van der Waals surface area contributed by atoms with E-state index < -0.39 is 33.7 Å². The van der Waals surface area contributed by atoms with Gasteiger partial charge in [-0.3, -0.25) is 37.0 Å². The molecule has 0 aromatic heterocycles. The van der Waals surface area contributed by atoms with Crippen molar-refractivity contribution in [2.24, 2.45) is 0 Å². The van der Waals surface area contributed by atoms with Crippen molar-refractivity contribution in [3.63, 3.8) is 0 Å². The minimum absolute atomic E-state index is 0.215. The normalized spacial score (nSPS) is 14.6. The third-order valence-corrected chi connectivity index (χ3v) is 4.11. The fourth-order valence-corrected chi connectivity index (χ4v) is 2.61. The van der Waals surface area contributed by atoms with Gasteiger partial charge in [0.25, 0.3) is 0 Å². The summed E-state index contributed by atoms with van der Waals surface area (Å²) in [6.45, 7) is 0.278. The zero-order valence-corrected chi connectivity index (χ0v) is 17.9. The lowest BCUT2D eigenvalue weighted by molar-refractivity contribution is 0.0410. The van der Waals surface area contributed by atoms with E-state index in [9.17, 15) is 9.13 Å². The smallest absolute Gasteiger partial charge is 0.328 e. The standard InChI is InChI=1S/C8H25N3O12P4/c12-24(13)20-5-10(6-21-25(14)15)3-1-9-2-4-11(7-22-26(16)17)8-23-27(18)19/h9,12-15,26-27H,1-8H2,(H,16,17)(H,18,19). The Kier molecular flexibility index (Phi) is 18.2. The number of rotatable bonds is 18. The van der Waals surface area contributed by atoms with E-state index in [0.29, 0.717) is 13.1 Å². The monoisotopic (exact) mass is 479 g/mol. The molecule has 0 aliphatic carbocycles. The number of nitrogens with one attached hydrogen (secondary N) is 1. The molecule has 0 bridgehead atoms. The Hall–Kier alpha value is 0.800. The van der Waals surface area contributed by atoms with Crippen LogP contribution in [0.25, 0.3) is 0 Å². The Bertz CT molecular complexity index is 392. The molecule has 0 aromatic carbocycles. The van der Waals surface area contributed by atoms with Gasteiger partial charge < -0.3 is 34.7 Å². The molecule has 0 rings (SSSR count). The van der Waals surface area contributed by atoms with Crippen LogP contribution in [0.3, 0.4) is 0 Å². The summed E-state index contributed by atoms with van der Waals surface area (Å²) < 4.78 is 39.6. The first-order valence-corrected chi connectivity index (χ1v) is 12.0. The summed E-state index contributed by atoms with van der Waals surface area (Å²) in [5.74, 6) is 0. The number of nitrogens with zero attached hydrogens (tertiary/aromatic N) is 2. The van der Waals surface area contributed by atoms with Gasteiger partial charge in [-0.2, -0.15) is 0 Å². The molecular formula is C8H25N3O12P4. The second-order valence-corrected chi connectivity index (χ2v) is 7.81. The molecule has 164 valence electrons.